The molecule has 1 N–H and O–H groups in total. The number of rotatable bonds is 7. The number of ether oxygens (including phenoxy) is 1. The molecule has 1 aromatic rings. The molecule has 0 amide bonds. The molecule has 1 aliphatic rings. The van der Waals surface area contributed by atoms with E-state index in [0.29, 0.717) is 17.3 Å². The maximum Gasteiger partial charge on any atom is 0.243 e. The first-order valence-electron chi connectivity index (χ1n) is 6.99. The third kappa shape index (κ3) is 4.12. The molecule has 5 nitrogen and oxygen atoms in total. The summed E-state index contributed by atoms with van der Waals surface area (Å²) in [7, 11) is 0.115. The lowest BCUT2D eigenvalue weighted by Gasteiger charge is -2.23. The predicted molar refractivity (Wildman–Crippen MR) is 86.5 cm³/mol. The van der Waals surface area contributed by atoms with Crippen LogP contribution in [-0.4, -0.2) is 57.5 Å². The molecule has 1 aromatic carbocycles. The molecule has 1 unspecified atom stereocenters. The van der Waals surface area contributed by atoms with Crippen molar-refractivity contribution in [3.63, 3.8) is 0 Å². The van der Waals surface area contributed by atoms with E-state index >= 15 is 0 Å². The highest BCUT2D eigenvalue weighted by molar-refractivity contribution is 7.99. The normalized spacial score (nSPS) is 19.1. The van der Waals surface area contributed by atoms with Crippen LogP contribution in [0.15, 0.2) is 29.2 Å². The summed E-state index contributed by atoms with van der Waals surface area (Å²) >= 11 is 1.80. The van der Waals surface area contributed by atoms with Crippen molar-refractivity contribution in [3.05, 3.63) is 24.3 Å². The first kappa shape index (κ1) is 16.6. The molecular weight excluding hydrogens is 308 g/mol. The van der Waals surface area contributed by atoms with E-state index in [4.69, 9.17) is 4.74 Å². The zero-order valence-corrected chi connectivity index (χ0v) is 14.0. The van der Waals surface area contributed by atoms with E-state index in [2.05, 4.69) is 5.32 Å². The Kier molecular flexibility index (Phi) is 5.92. The first-order chi connectivity index (χ1) is 10.1. The van der Waals surface area contributed by atoms with Gasteiger partial charge in [-0.15, -0.1) is 0 Å². The van der Waals surface area contributed by atoms with Crippen LogP contribution in [0.4, 0.5) is 0 Å². The van der Waals surface area contributed by atoms with Gasteiger partial charge in [-0.25, -0.2) is 8.42 Å². The minimum atomic E-state index is -3.41. The Morgan fingerprint density at radius 2 is 2.10 bits per heavy atom. The maximum absolute atomic E-state index is 12.6. The molecule has 118 valence electrons. The molecule has 1 saturated heterocycles. The number of thioether (sulfide) groups is 1. The molecule has 1 fully saturated rings. The summed E-state index contributed by atoms with van der Waals surface area (Å²) in [6, 6.07) is 6.75. The van der Waals surface area contributed by atoms with Crippen LogP contribution in [0.2, 0.25) is 0 Å². The zero-order chi connectivity index (χ0) is 15.3. The van der Waals surface area contributed by atoms with Crippen molar-refractivity contribution in [1.29, 1.82) is 0 Å². The lowest BCUT2D eigenvalue weighted by molar-refractivity contribution is 0.318. The average Bonchev–Trinajstić information content (AvgIpc) is 3.01. The van der Waals surface area contributed by atoms with E-state index in [0.717, 1.165) is 24.5 Å². The lowest BCUT2D eigenvalue weighted by atomic mass is 10.3. The van der Waals surface area contributed by atoms with E-state index in [1.165, 1.54) is 4.31 Å². The molecular formula is C14H22N2O3S2. The highest BCUT2D eigenvalue weighted by atomic mass is 32.2. The maximum atomic E-state index is 12.6. The SMILES string of the molecule is CNCCOc1ccc(S(=O)(=O)N(C)C2CCSC2)cc1. The summed E-state index contributed by atoms with van der Waals surface area (Å²) in [6.45, 7) is 1.31. The van der Waals surface area contributed by atoms with Gasteiger partial charge in [0.2, 0.25) is 10.0 Å². The summed E-state index contributed by atoms with van der Waals surface area (Å²) in [5.74, 6) is 2.59. The van der Waals surface area contributed by atoms with Gasteiger partial charge in [-0.1, -0.05) is 0 Å². The number of benzene rings is 1. The second kappa shape index (κ2) is 7.49. The summed E-state index contributed by atoms with van der Waals surface area (Å²) in [5, 5.41) is 2.99. The minimum Gasteiger partial charge on any atom is -0.492 e. The number of sulfonamides is 1. The van der Waals surface area contributed by atoms with E-state index in [-0.39, 0.29) is 6.04 Å². The van der Waals surface area contributed by atoms with Crippen molar-refractivity contribution >= 4 is 21.8 Å². The molecule has 0 saturated carbocycles. The lowest BCUT2D eigenvalue weighted by Crippen LogP contribution is -2.36. The first-order valence-corrected chi connectivity index (χ1v) is 9.58. The van der Waals surface area contributed by atoms with Crippen LogP contribution in [0, 0.1) is 0 Å². The average molecular weight is 330 g/mol. The molecule has 2 rings (SSSR count). The van der Waals surface area contributed by atoms with Gasteiger partial charge in [0, 0.05) is 25.4 Å². The smallest absolute Gasteiger partial charge is 0.243 e. The van der Waals surface area contributed by atoms with Gasteiger partial charge in [-0.3, -0.25) is 0 Å². The highest BCUT2D eigenvalue weighted by Gasteiger charge is 2.30. The largest absolute Gasteiger partial charge is 0.492 e. The van der Waals surface area contributed by atoms with Crippen molar-refractivity contribution in [2.45, 2.75) is 17.4 Å². The van der Waals surface area contributed by atoms with Gasteiger partial charge >= 0.3 is 0 Å². The van der Waals surface area contributed by atoms with Gasteiger partial charge in [0.15, 0.2) is 0 Å². The van der Waals surface area contributed by atoms with Crippen molar-refractivity contribution in [2.75, 3.05) is 38.8 Å². The third-order valence-corrected chi connectivity index (χ3v) is 6.61. The number of nitrogens with zero attached hydrogens (tertiary/aromatic N) is 1. The molecule has 0 aliphatic carbocycles. The van der Waals surface area contributed by atoms with Crippen LogP contribution in [0.1, 0.15) is 6.42 Å². The zero-order valence-electron chi connectivity index (χ0n) is 12.4. The van der Waals surface area contributed by atoms with Crippen LogP contribution in [0.3, 0.4) is 0 Å². The second-order valence-corrected chi connectivity index (χ2v) is 8.11. The van der Waals surface area contributed by atoms with Crippen molar-refractivity contribution in [2.24, 2.45) is 0 Å². The van der Waals surface area contributed by atoms with Crippen molar-refractivity contribution < 1.29 is 13.2 Å². The molecule has 0 aromatic heterocycles. The molecule has 1 atom stereocenters. The van der Waals surface area contributed by atoms with Crippen LogP contribution in [0.5, 0.6) is 5.75 Å². The standard InChI is InChI=1S/C14H22N2O3S2/c1-15-8-9-19-13-3-5-14(6-4-13)21(17,18)16(2)12-7-10-20-11-12/h3-6,12,15H,7-11H2,1-2H3. The number of nitrogens with one attached hydrogen (secondary N) is 1. The van der Waals surface area contributed by atoms with Crippen LogP contribution >= 0.6 is 11.8 Å². The fraction of sp³-hybridized carbons (Fsp3) is 0.571. The van der Waals surface area contributed by atoms with Gasteiger partial charge in [-0.05, 0) is 43.5 Å². The summed E-state index contributed by atoms with van der Waals surface area (Å²) in [4.78, 5) is 0.322. The predicted octanol–water partition coefficient (Wildman–Crippen LogP) is 1.41. The number of hydrogen-bond donors (Lipinski definition) is 1. The Labute approximate surface area is 131 Å². The van der Waals surface area contributed by atoms with Gasteiger partial charge in [-0.2, -0.15) is 16.1 Å². The molecule has 0 spiro atoms. The monoisotopic (exact) mass is 330 g/mol. The van der Waals surface area contributed by atoms with Gasteiger partial charge in [0.05, 0.1) is 4.90 Å². The Morgan fingerprint density at radius 1 is 1.38 bits per heavy atom. The van der Waals surface area contributed by atoms with Crippen LogP contribution < -0.4 is 10.1 Å². The molecule has 0 radical (unpaired) electrons. The van der Waals surface area contributed by atoms with Gasteiger partial charge in [0.1, 0.15) is 12.4 Å². The Balaban J connectivity index is 2.05. The van der Waals surface area contributed by atoms with Crippen molar-refractivity contribution in [1.82, 2.24) is 9.62 Å². The molecule has 1 aliphatic heterocycles. The summed E-state index contributed by atoms with van der Waals surface area (Å²) < 4.78 is 32.1. The number of hydrogen-bond acceptors (Lipinski definition) is 5. The molecule has 0 bridgehead atoms. The van der Waals surface area contributed by atoms with E-state index in [1.54, 1.807) is 43.1 Å². The Hall–Kier alpha value is -0.760. The third-order valence-electron chi connectivity index (χ3n) is 3.54. The van der Waals surface area contributed by atoms with Crippen LogP contribution in [0.25, 0.3) is 0 Å². The molecule has 21 heavy (non-hydrogen) atoms. The molecule has 1 heterocycles. The van der Waals surface area contributed by atoms with Crippen LogP contribution in [-0.2, 0) is 10.0 Å². The van der Waals surface area contributed by atoms with Crippen molar-refractivity contribution in [3.8, 4) is 5.75 Å². The summed E-state index contributed by atoms with van der Waals surface area (Å²) in [6.07, 6.45) is 0.922. The fourth-order valence-electron chi connectivity index (χ4n) is 2.15. The minimum absolute atomic E-state index is 0.103. The second-order valence-electron chi connectivity index (χ2n) is 4.96. The highest BCUT2D eigenvalue weighted by Crippen LogP contribution is 2.26. The quantitative estimate of drug-likeness (QED) is 0.766. The van der Waals surface area contributed by atoms with Gasteiger partial charge in [0.25, 0.3) is 0 Å². The Morgan fingerprint density at radius 3 is 2.67 bits per heavy atom. The van der Waals surface area contributed by atoms with Gasteiger partial charge < -0.3 is 10.1 Å². The Bertz CT molecular complexity index is 540. The summed E-state index contributed by atoms with van der Waals surface area (Å²) in [5.41, 5.74) is 0. The van der Waals surface area contributed by atoms with E-state index in [9.17, 15) is 8.42 Å². The number of likely N-dealkylation sites (N-methyl/N-ethyl adjacent to an activating group) is 1. The van der Waals surface area contributed by atoms with E-state index in [1.807, 2.05) is 7.05 Å². The van der Waals surface area contributed by atoms with E-state index < -0.39 is 10.0 Å². The fourth-order valence-corrected chi connectivity index (χ4v) is 4.90. The topological polar surface area (TPSA) is 58.6 Å². The molecule has 7 heteroatoms.